The second-order valence-electron chi connectivity index (χ2n) is 13.5. The average Bonchev–Trinajstić information content (AvgIpc) is 3.10. The van der Waals surface area contributed by atoms with Crippen LogP contribution in [-0.2, 0) is 19.1 Å². The molecule has 6 heteroatoms. The maximum absolute atomic E-state index is 12.7. The van der Waals surface area contributed by atoms with E-state index in [-0.39, 0.29) is 24.5 Å². The third-order valence-electron chi connectivity index (χ3n) is 8.74. The summed E-state index contributed by atoms with van der Waals surface area (Å²) in [5, 5.41) is 11.1. The van der Waals surface area contributed by atoms with E-state index < -0.39 is 5.97 Å². The lowest BCUT2D eigenvalue weighted by Gasteiger charge is -2.18. The van der Waals surface area contributed by atoms with Gasteiger partial charge in [-0.05, 0) is 64.2 Å². The van der Waals surface area contributed by atoms with E-state index in [0.29, 0.717) is 12.8 Å². The van der Waals surface area contributed by atoms with Crippen LogP contribution in [-0.4, -0.2) is 35.6 Å². The van der Waals surface area contributed by atoms with Crippen LogP contribution in [0.3, 0.4) is 0 Å². The Hall–Kier alpha value is -2.89. The van der Waals surface area contributed by atoms with E-state index in [1.807, 2.05) is 12.2 Å². The maximum Gasteiger partial charge on any atom is 0.322 e. The number of aliphatic carboxylic acids is 1. The number of allylic oxidation sites excluding steroid dienone is 9. The number of unbranched alkanes of at least 4 members (excludes halogenated alkanes) is 16. The molecule has 1 amide bonds. The number of ether oxygens (including phenoxy) is 1. The van der Waals surface area contributed by atoms with Crippen molar-refractivity contribution in [1.82, 2.24) is 5.32 Å². The van der Waals surface area contributed by atoms with Crippen LogP contribution in [0.2, 0.25) is 0 Å². The molecule has 0 aromatic rings. The van der Waals surface area contributed by atoms with Crippen LogP contribution in [0.25, 0.3) is 0 Å². The van der Waals surface area contributed by atoms with E-state index in [1.54, 1.807) is 0 Å². The second-order valence-corrected chi connectivity index (χ2v) is 13.5. The molecule has 0 spiro atoms. The molecule has 6 nitrogen and oxygen atoms in total. The Labute approximate surface area is 307 Å². The predicted molar refractivity (Wildman–Crippen MR) is 212 cm³/mol. The van der Waals surface area contributed by atoms with Crippen LogP contribution in [0.5, 0.6) is 0 Å². The molecule has 286 valence electrons. The summed E-state index contributed by atoms with van der Waals surface area (Å²) in [5.41, 5.74) is 0. The molecule has 0 bridgehead atoms. The largest absolute Gasteiger partial charge is 0.480 e. The van der Waals surface area contributed by atoms with Gasteiger partial charge >= 0.3 is 11.9 Å². The number of nitrogens with one attached hydrogen (secondary N) is 1. The molecule has 0 aliphatic rings. The summed E-state index contributed by atoms with van der Waals surface area (Å²) >= 11 is 0. The zero-order chi connectivity index (χ0) is 36.6. The Bertz CT molecular complexity index is 948. The van der Waals surface area contributed by atoms with Crippen molar-refractivity contribution in [1.29, 1.82) is 0 Å². The van der Waals surface area contributed by atoms with Crippen molar-refractivity contribution in [3.8, 4) is 0 Å². The van der Waals surface area contributed by atoms with Crippen molar-refractivity contribution in [3.63, 3.8) is 0 Å². The molecule has 0 saturated heterocycles. The highest BCUT2D eigenvalue weighted by Gasteiger charge is 2.13. The Balaban J connectivity index is 4.34. The van der Waals surface area contributed by atoms with Gasteiger partial charge in [0.05, 0.1) is 6.42 Å². The predicted octanol–water partition coefficient (Wildman–Crippen LogP) is 12.5. The van der Waals surface area contributed by atoms with Gasteiger partial charge < -0.3 is 15.2 Å². The third-order valence-corrected chi connectivity index (χ3v) is 8.74. The third kappa shape index (κ3) is 37.9. The van der Waals surface area contributed by atoms with E-state index in [1.165, 1.54) is 77.0 Å². The van der Waals surface area contributed by atoms with Crippen molar-refractivity contribution in [2.75, 3.05) is 6.54 Å². The van der Waals surface area contributed by atoms with E-state index in [2.05, 4.69) is 67.8 Å². The molecular formula is C44H75NO5. The first-order valence-corrected chi connectivity index (χ1v) is 20.4. The van der Waals surface area contributed by atoms with E-state index in [9.17, 15) is 14.4 Å². The normalized spacial score (nSPS) is 12.7. The molecule has 50 heavy (non-hydrogen) atoms. The molecule has 0 saturated carbocycles. The summed E-state index contributed by atoms with van der Waals surface area (Å²) in [6.45, 7) is 4.10. The van der Waals surface area contributed by atoms with Crippen molar-refractivity contribution in [2.45, 2.75) is 193 Å². The number of amides is 1. The smallest absolute Gasteiger partial charge is 0.322 e. The van der Waals surface area contributed by atoms with Gasteiger partial charge in [0.25, 0.3) is 0 Å². The number of carboxylic acids is 1. The van der Waals surface area contributed by atoms with Crippen molar-refractivity contribution in [2.24, 2.45) is 0 Å². The van der Waals surface area contributed by atoms with Crippen molar-refractivity contribution < 1.29 is 24.2 Å². The lowest BCUT2D eigenvalue weighted by atomic mass is 10.0. The van der Waals surface area contributed by atoms with E-state index in [4.69, 9.17) is 9.84 Å². The molecule has 0 aromatic heterocycles. The summed E-state index contributed by atoms with van der Waals surface area (Å²) in [6, 6.07) is 0. The fourth-order valence-electron chi connectivity index (χ4n) is 5.77. The molecule has 0 aliphatic heterocycles. The summed E-state index contributed by atoms with van der Waals surface area (Å²) in [7, 11) is 0. The lowest BCUT2D eigenvalue weighted by molar-refractivity contribution is -0.148. The first-order chi connectivity index (χ1) is 24.5. The maximum atomic E-state index is 12.7. The fraction of sp³-hybridized carbons (Fsp3) is 0.705. The van der Waals surface area contributed by atoms with Crippen molar-refractivity contribution in [3.05, 3.63) is 60.8 Å². The van der Waals surface area contributed by atoms with Crippen LogP contribution < -0.4 is 5.32 Å². The zero-order valence-corrected chi connectivity index (χ0v) is 32.2. The topological polar surface area (TPSA) is 92.7 Å². The molecule has 0 heterocycles. The van der Waals surface area contributed by atoms with Gasteiger partial charge in [0.15, 0.2) is 0 Å². The summed E-state index contributed by atoms with van der Waals surface area (Å²) < 4.78 is 5.95. The van der Waals surface area contributed by atoms with Crippen LogP contribution in [0, 0.1) is 0 Å². The summed E-state index contributed by atoms with van der Waals surface area (Å²) in [4.78, 5) is 34.9. The van der Waals surface area contributed by atoms with E-state index in [0.717, 1.165) is 83.5 Å². The number of carbonyl (C=O) groups is 3. The molecule has 0 aromatic carbocycles. The minimum atomic E-state index is -1.02. The highest BCUT2D eigenvalue weighted by Crippen LogP contribution is 2.18. The standard InChI is InChI=1S/C44H75NO5/c1-3-5-7-9-11-13-15-17-18-20-22-24-26-31-35-39-44(49)50-41(37-33-29-27-30-34-38-42(46)45-40-43(47)48)36-32-28-25-23-21-19-16-14-12-10-8-6-4-2/h5,7,11,13,17-18,22,24,31,35,41H,3-4,6,8-10,12,14-16,19-21,23,25-30,32-34,36-40H2,1-2H3,(H,45,46)(H,47,48)/b7-5-,13-11-,18-17-,24-22-,35-31-. The first-order valence-electron chi connectivity index (χ1n) is 20.4. The highest BCUT2D eigenvalue weighted by molar-refractivity contribution is 5.80. The SMILES string of the molecule is CC/C=C\C/C=C\C/C=C\C/C=C\C/C=C\CC(=O)OC(CCCCCCCCCCCCCCC)CCCCCCCC(=O)NCC(=O)O. The minimum Gasteiger partial charge on any atom is -0.480 e. The lowest BCUT2D eigenvalue weighted by Crippen LogP contribution is -2.28. The molecule has 0 radical (unpaired) electrons. The number of hydrogen-bond donors (Lipinski definition) is 2. The molecular weight excluding hydrogens is 622 g/mol. The highest BCUT2D eigenvalue weighted by atomic mass is 16.5. The fourth-order valence-corrected chi connectivity index (χ4v) is 5.77. The Morgan fingerprint density at radius 3 is 1.38 bits per heavy atom. The Morgan fingerprint density at radius 2 is 0.940 bits per heavy atom. The van der Waals surface area contributed by atoms with Crippen LogP contribution in [0.4, 0.5) is 0 Å². The first kappa shape index (κ1) is 47.1. The number of carbonyl (C=O) groups excluding carboxylic acids is 2. The number of carboxylic acid groups (broad SMARTS) is 1. The van der Waals surface area contributed by atoms with Crippen LogP contribution in [0.15, 0.2) is 60.8 Å². The monoisotopic (exact) mass is 698 g/mol. The Kier molecular flexibility index (Phi) is 36.7. The van der Waals surface area contributed by atoms with Crippen LogP contribution in [0.1, 0.15) is 187 Å². The quantitative estimate of drug-likeness (QED) is 0.0386. The van der Waals surface area contributed by atoms with Gasteiger partial charge in [-0.15, -0.1) is 0 Å². The van der Waals surface area contributed by atoms with Gasteiger partial charge in [-0.25, -0.2) is 0 Å². The van der Waals surface area contributed by atoms with Gasteiger partial charge in [-0.1, -0.05) is 171 Å². The van der Waals surface area contributed by atoms with Gasteiger partial charge in [-0.3, -0.25) is 14.4 Å². The zero-order valence-electron chi connectivity index (χ0n) is 32.2. The number of rotatable bonds is 36. The van der Waals surface area contributed by atoms with Gasteiger partial charge in [-0.2, -0.15) is 0 Å². The van der Waals surface area contributed by atoms with Crippen molar-refractivity contribution >= 4 is 17.8 Å². The average molecular weight is 698 g/mol. The number of hydrogen-bond acceptors (Lipinski definition) is 4. The molecule has 2 N–H and O–H groups in total. The summed E-state index contributed by atoms with van der Waals surface area (Å²) in [5.74, 6) is -1.37. The minimum absolute atomic E-state index is 0.0280. The molecule has 0 fully saturated rings. The van der Waals surface area contributed by atoms with Gasteiger partial charge in [0.2, 0.25) is 5.91 Å². The molecule has 0 aliphatic carbocycles. The van der Waals surface area contributed by atoms with Gasteiger partial charge in [0.1, 0.15) is 12.6 Å². The second kappa shape index (κ2) is 38.9. The number of esters is 1. The summed E-state index contributed by atoms with van der Waals surface area (Å²) in [6.07, 6.45) is 50.7. The van der Waals surface area contributed by atoms with Crippen LogP contribution >= 0.6 is 0 Å². The molecule has 0 rings (SSSR count). The van der Waals surface area contributed by atoms with E-state index >= 15 is 0 Å². The Morgan fingerprint density at radius 1 is 0.540 bits per heavy atom. The van der Waals surface area contributed by atoms with Gasteiger partial charge in [0, 0.05) is 6.42 Å². The molecule has 1 unspecified atom stereocenters. The molecule has 1 atom stereocenters.